The van der Waals surface area contributed by atoms with Crippen molar-refractivity contribution in [2.45, 2.75) is 5.41 Å². The van der Waals surface area contributed by atoms with Gasteiger partial charge in [-0.3, -0.25) is 0 Å². The van der Waals surface area contributed by atoms with Crippen LogP contribution in [0.5, 0.6) is 0 Å². The second-order valence-electron chi connectivity index (χ2n) is 17.2. The summed E-state index contributed by atoms with van der Waals surface area (Å²) in [6, 6.07) is 100. The second kappa shape index (κ2) is 16.6. The molecule has 0 fully saturated rings. The van der Waals surface area contributed by atoms with Crippen molar-refractivity contribution in [2.24, 2.45) is 0 Å². The number of anilines is 3. The van der Waals surface area contributed by atoms with Crippen molar-refractivity contribution in [3.63, 3.8) is 0 Å². The first-order valence-electron chi connectivity index (χ1n) is 22.8. The van der Waals surface area contributed by atoms with Gasteiger partial charge in [0.1, 0.15) is 0 Å². The van der Waals surface area contributed by atoms with Gasteiger partial charge in [-0.1, -0.05) is 237 Å². The molecule has 1 nitrogen and oxygen atoms in total. The number of benzene rings is 11. The van der Waals surface area contributed by atoms with Gasteiger partial charge < -0.3 is 4.90 Å². The topological polar surface area (TPSA) is 3.24 Å². The summed E-state index contributed by atoms with van der Waals surface area (Å²) < 4.78 is 0. The Balaban J connectivity index is 1.12. The normalized spacial score (nSPS) is 12.4. The zero-order valence-corrected chi connectivity index (χ0v) is 36.4. The molecule has 0 saturated carbocycles. The van der Waals surface area contributed by atoms with Crippen LogP contribution < -0.4 is 4.90 Å². The molecule has 310 valence electrons. The van der Waals surface area contributed by atoms with Crippen LogP contribution in [0.3, 0.4) is 0 Å². The van der Waals surface area contributed by atoms with E-state index in [0.29, 0.717) is 0 Å². The van der Waals surface area contributed by atoms with E-state index >= 15 is 0 Å². The van der Waals surface area contributed by atoms with Gasteiger partial charge in [0.15, 0.2) is 0 Å². The van der Waals surface area contributed by atoms with Gasteiger partial charge in [-0.2, -0.15) is 0 Å². The molecule has 1 heteroatoms. The smallest absolute Gasteiger partial charge is 0.0713 e. The van der Waals surface area contributed by atoms with Gasteiger partial charge in [0.25, 0.3) is 0 Å². The molecule has 11 aromatic carbocycles. The molecule has 0 N–H and O–H groups in total. The number of rotatable bonds is 9. The fourth-order valence-electron chi connectivity index (χ4n) is 10.6. The Hall–Kier alpha value is -8.52. The maximum Gasteiger partial charge on any atom is 0.0713 e. The van der Waals surface area contributed by atoms with Crippen molar-refractivity contribution < 1.29 is 0 Å². The molecule has 0 radical (unpaired) electrons. The van der Waals surface area contributed by atoms with E-state index in [2.05, 4.69) is 278 Å². The average Bonchev–Trinajstić information content (AvgIpc) is 3.70. The van der Waals surface area contributed by atoms with E-state index in [-0.39, 0.29) is 0 Å². The summed E-state index contributed by atoms with van der Waals surface area (Å²) in [5.41, 5.74) is 19.8. The highest BCUT2D eigenvalue weighted by molar-refractivity contribution is 6.02. The maximum atomic E-state index is 2.49. The lowest BCUT2D eigenvalue weighted by atomic mass is 9.68. The Morgan fingerprint density at radius 2 is 0.758 bits per heavy atom. The molecular weight excluding hydrogens is 795 g/mol. The summed E-state index contributed by atoms with van der Waals surface area (Å²) in [6.45, 7) is 0. The van der Waals surface area contributed by atoms with E-state index in [1.807, 2.05) is 0 Å². The van der Waals surface area contributed by atoms with E-state index in [0.717, 1.165) is 17.1 Å². The Bertz CT molecular complexity index is 3460. The zero-order chi connectivity index (χ0) is 43.9. The SMILES string of the molecule is c1ccc(-c2ccccc2-c2c(-c3ccccc3)cccc2N(c2ccc(-c3ccc4ccccc4c3)cc2)c2ccc3c(c2)-c2ccccc2C3(c2ccccc2)c2ccccc2)cc1. The van der Waals surface area contributed by atoms with Crippen LogP contribution in [-0.2, 0) is 5.41 Å². The highest BCUT2D eigenvalue weighted by Gasteiger charge is 2.46. The lowest BCUT2D eigenvalue weighted by molar-refractivity contribution is 0.768. The largest absolute Gasteiger partial charge is 0.310 e. The van der Waals surface area contributed by atoms with Crippen LogP contribution in [0.4, 0.5) is 17.1 Å². The summed E-state index contributed by atoms with van der Waals surface area (Å²) in [5, 5.41) is 2.48. The molecule has 0 aliphatic heterocycles. The van der Waals surface area contributed by atoms with Crippen molar-refractivity contribution in [3.05, 3.63) is 295 Å². The molecule has 0 amide bonds. The third-order valence-electron chi connectivity index (χ3n) is 13.6. The molecule has 11 aromatic rings. The molecule has 0 atom stereocenters. The Labute approximate surface area is 387 Å². The van der Waals surface area contributed by atoms with Crippen LogP contribution in [0.2, 0.25) is 0 Å². The van der Waals surface area contributed by atoms with E-state index in [1.165, 1.54) is 88.7 Å². The predicted molar refractivity (Wildman–Crippen MR) is 278 cm³/mol. The fraction of sp³-hybridized carbons (Fsp3) is 0.0154. The van der Waals surface area contributed by atoms with Crippen molar-refractivity contribution in [1.29, 1.82) is 0 Å². The molecule has 0 spiro atoms. The fourth-order valence-corrected chi connectivity index (χ4v) is 10.6. The molecule has 0 heterocycles. The average molecular weight is 840 g/mol. The molecule has 0 unspecified atom stereocenters. The minimum atomic E-state index is -0.494. The van der Waals surface area contributed by atoms with Crippen molar-refractivity contribution in [3.8, 4) is 55.6 Å². The quantitative estimate of drug-likeness (QED) is 0.140. The lowest BCUT2D eigenvalue weighted by Crippen LogP contribution is -2.28. The molecule has 0 aromatic heterocycles. The van der Waals surface area contributed by atoms with Gasteiger partial charge in [0.05, 0.1) is 11.1 Å². The van der Waals surface area contributed by atoms with Crippen molar-refractivity contribution in [1.82, 2.24) is 0 Å². The minimum Gasteiger partial charge on any atom is -0.310 e. The number of hydrogen-bond donors (Lipinski definition) is 0. The minimum absolute atomic E-state index is 0.494. The van der Waals surface area contributed by atoms with Crippen molar-refractivity contribution >= 4 is 27.8 Å². The van der Waals surface area contributed by atoms with Gasteiger partial charge in [-0.15, -0.1) is 0 Å². The van der Waals surface area contributed by atoms with Crippen molar-refractivity contribution in [2.75, 3.05) is 4.90 Å². The van der Waals surface area contributed by atoms with E-state index < -0.39 is 5.41 Å². The Kier molecular flexibility index (Phi) is 9.81. The lowest BCUT2D eigenvalue weighted by Gasteiger charge is -2.34. The van der Waals surface area contributed by atoms with Gasteiger partial charge in [0.2, 0.25) is 0 Å². The molecule has 66 heavy (non-hydrogen) atoms. The first kappa shape index (κ1) is 39.1. The molecule has 12 rings (SSSR count). The standard InChI is InChI=1S/C65H45N/c1-5-21-48(22-6-1)56-30-15-16-32-59(56)64-57(49-23-7-2-8-24-49)33-19-35-63(64)66(54-40-38-47(39-41-54)51-37-36-46-20-13-14-25-50(46)44-51)55-42-43-62-60(45-55)58-31-17-18-34-61(58)65(62,52-26-9-3-10-27-52)53-28-11-4-12-29-53/h1-45H. The third-order valence-corrected chi connectivity index (χ3v) is 13.6. The van der Waals surface area contributed by atoms with Crippen LogP contribution >= 0.6 is 0 Å². The van der Waals surface area contributed by atoms with Gasteiger partial charge >= 0.3 is 0 Å². The van der Waals surface area contributed by atoms with E-state index in [9.17, 15) is 0 Å². The number of hydrogen-bond acceptors (Lipinski definition) is 1. The zero-order valence-electron chi connectivity index (χ0n) is 36.4. The Morgan fingerprint density at radius 3 is 1.44 bits per heavy atom. The Morgan fingerprint density at radius 1 is 0.258 bits per heavy atom. The molecule has 0 saturated heterocycles. The van der Waals surface area contributed by atoms with Crippen LogP contribution in [0.15, 0.2) is 273 Å². The summed E-state index contributed by atoms with van der Waals surface area (Å²) in [4.78, 5) is 2.49. The van der Waals surface area contributed by atoms with E-state index in [1.54, 1.807) is 0 Å². The maximum absolute atomic E-state index is 2.49. The second-order valence-corrected chi connectivity index (χ2v) is 17.2. The summed E-state index contributed by atoms with van der Waals surface area (Å²) >= 11 is 0. The van der Waals surface area contributed by atoms with Crippen LogP contribution in [0.1, 0.15) is 22.3 Å². The molecular formula is C65H45N. The summed E-state index contributed by atoms with van der Waals surface area (Å²) in [7, 11) is 0. The van der Waals surface area contributed by atoms with E-state index in [4.69, 9.17) is 0 Å². The first-order chi connectivity index (χ1) is 32.8. The van der Waals surface area contributed by atoms with Crippen LogP contribution in [-0.4, -0.2) is 0 Å². The number of fused-ring (bicyclic) bond motifs is 4. The molecule has 0 bridgehead atoms. The van der Waals surface area contributed by atoms with Gasteiger partial charge in [0, 0.05) is 16.9 Å². The highest BCUT2D eigenvalue weighted by Crippen LogP contribution is 2.58. The van der Waals surface area contributed by atoms with Crippen LogP contribution in [0, 0.1) is 0 Å². The van der Waals surface area contributed by atoms with Gasteiger partial charge in [-0.05, 0) is 119 Å². The van der Waals surface area contributed by atoms with Gasteiger partial charge in [-0.25, -0.2) is 0 Å². The first-order valence-corrected chi connectivity index (χ1v) is 22.8. The molecule has 1 aliphatic rings. The van der Waals surface area contributed by atoms with Crippen LogP contribution in [0.25, 0.3) is 66.4 Å². The monoisotopic (exact) mass is 839 g/mol. The molecule has 1 aliphatic carbocycles. The highest BCUT2D eigenvalue weighted by atomic mass is 15.1. The third kappa shape index (κ3) is 6.56. The predicted octanol–water partition coefficient (Wildman–Crippen LogP) is 17.3. The number of nitrogens with zero attached hydrogens (tertiary/aromatic N) is 1. The summed E-state index contributed by atoms with van der Waals surface area (Å²) in [6.07, 6.45) is 0. The summed E-state index contributed by atoms with van der Waals surface area (Å²) in [5.74, 6) is 0.